The average molecular weight is 613 g/mol. The second-order valence-corrected chi connectivity index (χ2v) is 10.6. The Balaban J connectivity index is 1.64. The minimum Gasteiger partial charge on any atom is -0.480 e. The minimum absolute atomic E-state index is 0.0222. The van der Waals surface area contributed by atoms with E-state index in [-0.39, 0.29) is 39.1 Å². The maximum atomic E-state index is 13.6. The minimum atomic E-state index is -4.58. The van der Waals surface area contributed by atoms with Crippen molar-refractivity contribution < 1.29 is 36.3 Å². The van der Waals surface area contributed by atoms with Crippen molar-refractivity contribution in [3.63, 3.8) is 0 Å². The van der Waals surface area contributed by atoms with Gasteiger partial charge in [0.25, 0.3) is 11.8 Å². The fourth-order valence-electron chi connectivity index (χ4n) is 5.49. The quantitative estimate of drug-likeness (QED) is 0.332. The molecule has 44 heavy (non-hydrogen) atoms. The number of halogens is 4. The lowest BCUT2D eigenvalue weighted by atomic mass is 9.92. The highest BCUT2D eigenvalue weighted by Gasteiger charge is 2.37. The lowest BCUT2D eigenvalue weighted by Gasteiger charge is -2.26. The van der Waals surface area contributed by atoms with E-state index in [1.165, 1.54) is 56.8 Å². The first-order valence-electron chi connectivity index (χ1n) is 13.8. The van der Waals surface area contributed by atoms with Gasteiger partial charge in [-0.25, -0.2) is 14.4 Å². The number of furan rings is 1. The molecule has 0 spiro atoms. The molecule has 3 N–H and O–H groups in total. The molecular formula is C30H28F4N6O4. The summed E-state index contributed by atoms with van der Waals surface area (Å²) in [6.45, 7) is -1.39. The van der Waals surface area contributed by atoms with Crippen molar-refractivity contribution in [1.29, 1.82) is 5.26 Å². The number of aromatic nitrogens is 1. The van der Waals surface area contributed by atoms with Gasteiger partial charge in [0, 0.05) is 24.7 Å². The van der Waals surface area contributed by atoms with Crippen molar-refractivity contribution >= 4 is 17.9 Å². The van der Waals surface area contributed by atoms with Crippen LogP contribution in [0.3, 0.4) is 0 Å². The van der Waals surface area contributed by atoms with Crippen LogP contribution in [0.1, 0.15) is 57.9 Å². The normalized spacial score (nSPS) is 18.8. The van der Waals surface area contributed by atoms with Crippen molar-refractivity contribution in [2.24, 2.45) is 4.99 Å². The van der Waals surface area contributed by atoms with Crippen molar-refractivity contribution in [1.82, 2.24) is 20.9 Å². The number of alkyl halides is 3. The zero-order valence-corrected chi connectivity index (χ0v) is 23.7. The number of methoxy groups -OCH3 is 1. The second-order valence-electron chi connectivity index (χ2n) is 10.6. The van der Waals surface area contributed by atoms with Gasteiger partial charge in [-0.15, -0.1) is 0 Å². The molecule has 3 heterocycles. The van der Waals surface area contributed by atoms with E-state index in [9.17, 15) is 32.4 Å². The van der Waals surface area contributed by atoms with Crippen molar-refractivity contribution in [2.75, 3.05) is 20.7 Å². The SMILES string of the molecule is CNC(=O)c1c(-c2ccc(F)cc2)oc2c1=CC(c1cnc(OC)c(C(=O)NC3(C#N)CCCC3)c1)C(NCC(F)(F)F)N=2. The number of benzene rings is 1. The molecule has 14 heteroatoms. The van der Waals surface area contributed by atoms with Gasteiger partial charge in [0.2, 0.25) is 11.4 Å². The summed E-state index contributed by atoms with van der Waals surface area (Å²) in [5, 5.41) is 17.6. The number of amides is 2. The Bertz CT molecular complexity index is 1740. The zero-order chi connectivity index (χ0) is 31.6. The Morgan fingerprint density at radius 1 is 1.18 bits per heavy atom. The first-order chi connectivity index (χ1) is 21.0. The Kier molecular flexibility index (Phi) is 8.42. The van der Waals surface area contributed by atoms with Crippen LogP contribution in [0.25, 0.3) is 17.4 Å². The molecule has 230 valence electrons. The van der Waals surface area contributed by atoms with E-state index in [1.807, 2.05) is 0 Å². The summed E-state index contributed by atoms with van der Waals surface area (Å²) < 4.78 is 64.8. The molecule has 2 atom stereocenters. The van der Waals surface area contributed by atoms with E-state index in [1.54, 1.807) is 0 Å². The number of carbonyl (C=O) groups is 2. The van der Waals surface area contributed by atoms with Crippen LogP contribution in [-0.2, 0) is 0 Å². The topological polar surface area (TPSA) is 142 Å². The number of carbonyl (C=O) groups excluding carboxylic acids is 2. The molecule has 0 radical (unpaired) electrons. The van der Waals surface area contributed by atoms with Gasteiger partial charge in [-0.05, 0) is 61.6 Å². The van der Waals surface area contributed by atoms with Crippen molar-refractivity contribution in [2.45, 2.75) is 49.5 Å². The van der Waals surface area contributed by atoms with E-state index in [2.05, 4.69) is 32.0 Å². The molecule has 2 unspecified atom stereocenters. The van der Waals surface area contributed by atoms with Gasteiger partial charge in [0.05, 0.1) is 30.5 Å². The van der Waals surface area contributed by atoms with Gasteiger partial charge in [-0.3, -0.25) is 14.9 Å². The molecule has 1 aliphatic carbocycles. The lowest BCUT2D eigenvalue weighted by molar-refractivity contribution is -0.126. The van der Waals surface area contributed by atoms with Gasteiger partial charge in [-0.1, -0.05) is 6.08 Å². The van der Waals surface area contributed by atoms with Crippen LogP contribution >= 0.6 is 0 Å². The zero-order valence-electron chi connectivity index (χ0n) is 23.7. The van der Waals surface area contributed by atoms with E-state index in [0.29, 0.717) is 18.4 Å². The number of ether oxygens (including phenoxy) is 1. The van der Waals surface area contributed by atoms with Crippen LogP contribution in [0.5, 0.6) is 5.88 Å². The van der Waals surface area contributed by atoms with Crippen LogP contribution < -0.4 is 31.5 Å². The summed E-state index contributed by atoms with van der Waals surface area (Å²) in [6, 6.07) is 8.77. The molecule has 3 aromatic rings. The largest absolute Gasteiger partial charge is 0.480 e. The Morgan fingerprint density at radius 2 is 1.89 bits per heavy atom. The Morgan fingerprint density at radius 3 is 2.50 bits per heavy atom. The fourth-order valence-corrected chi connectivity index (χ4v) is 5.49. The van der Waals surface area contributed by atoms with Gasteiger partial charge in [0.15, 0.2) is 0 Å². The number of fused-ring (bicyclic) bond motifs is 1. The first kappa shape index (κ1) is 30.7. The number of hydrogen-bond donors (Lipinski definition) is 3. The Labute approximate surface area is 248 Å². The first-order valence-corrected chi connectivity index (χ1v) is 13.8. The van der Waals surface area contributed by atoms with E-state index >= 15 is 0 Å². The van der Waals surface area contributed by atoms with Gasteiger partial charge in [0.1, 0.15) is 28.8 Å². The predicted molar refractivity (Wildman–Crippen MR) is 148 cm³/mol. The summed E-state index contributed by atoms with van der Waals surface area (Å²) in [6.07, 6.45) is -0.459. The maximum Gasteiger partial charge on any atom is 0.401 e. The van der Waals surface area contributed by atoms with E-state index in [0.717, 1.165) is 12.8 Å². The monoisotopic (exact) mass is 612 g/mol. The third-order valence-electron chi connectivity index (χ3n) is 7.66. The highest BCUT2D eigenvalue weighted by atomic mass is 19.4. The molecule has 2 amide bonds. The van der Waals surface area contributed by atoms with E-state index < -0.39 is 48.0 Å². The van der Waals surface area contributed by atoms with Crippen LogP contribution in [0.4, 0.5) is 17.6 Å². The standard InChI is InChI=1S/C30H28F4N6O4/c1-36-26(42)22-20-12-19(17-11-21(27(43-2)37-13-17)25(41)40-29(14-35)9-3-4-10-29)24(38-15-30(32,33)34)39-28(20)44-23(22)16-5-7-18(31)8-6-16/h5-8,11-13,19,24,38H,3-4,9-10,15H2,1-2H3,(H,36,42)(H,40,41). The van der Waals surface area contributed by atoms with Gasteiger partial charge >= 0.3 is 6.18 Å². The molecule has 0 saturated heterocycles. The summed E-state index contributed by atoms with van der Waals surface area (Å²) in [5.74, 6) is -2.66. The van der Waals surface area contributed by atoms with Crippen molar-refractivity contribution in [3.05, 3.63) is 69.8 Å². The molecule has 5 rings (SSSR count). The van der Waals surface area contributed by atoms with Crippen molar-refractivity contribution in [3.8, 4) is 23.3 Å². The average Bonchev–Trinajstić information content (AvgIpc) is 3.63. The number of hydrogen-bond acceptors (Lipinski definition) is 8. The number of nitrogens with zero attached hydrogens (tertiary/aromatic N) is 3. The molecule has 1 fully saturated rings. The second kappa shape index (κ2) is 12.1. The van der Waals surface area contributed by atoms with Crippen LogP contribution in [-0.4, -0.2) is 55.4 Å². The molecular weight excluding hydrogens is 584 g/mol. The smallest absolute Gasteiger partial charge is 0.401 e. The number of pyridine rings is 1. The summed E-state index contributed by atoms with van der Waals surface area (Å²) in [7, 11) is 2.71. The molecule has 1 saturated carbocycles. The lowest BCUT2D eigenvalue weighted by Crippen LogP contribution is -2.46. The highest BCUT2D eigenvalue weighted by molar-refractivity contribution is 6.00. The van der Waals surface area contributed by atoms with Gasteiger partial charge < -0.3 is 19.8 Å². The highest BCUT2D eigenvalue weighted by Crippen LogP contribution is 2.32. The Hall–Kier alpha value is -4.77. The van der Waals surface area contributed by atoms with E-state index in [4.69, 9.17) is 9.15 Å². The summed E-state index contributed by atoms with van der Waals surface area (Å²) in [5.41, 5.74) is -0.487. The summed E-state index contributed by atoms with van der Waals surface area (Å²) >= 11 is 0. The maximum absolute atomic E-state index is 13.6. The molecule has 2 aliphatic rings. The molecule has 0 bridgehead atoms. The number of rotatable bonds is 8. The fraction of sp³-hybridized carbons (Fsp3) is 0.367. The van der Waals surface area contributed by atoms with Gasteiger partial charge in [-0.2, -0.15) is 18.4 Å². The molecule has 1 aromatic carbocycles. The van der Waals surface area contributed by atoms with Crippen LogP contribution in [0, 0.1) is 17.1 Å². The van der Waals surface area contributed by atoms with Crippen LogP contribution in [0.2, 0.25) is 0 Å². The summed E-state index contributed by atoms with van der Waals surface area (Å²) in [4.78, 5) is 35.1. The molecule has 1 aliphatic heterocycles. The molecule has 10 nitrogen and oxygen atoms in total. The predicted octanol–water partition coefficient (Wildman–Crippen LogP) is 3.09. The number of nitrogens with one attached hydrogen (secondary N) is 3. The third kappa shape index (κ3) is 6.14. The van der Waals surface area contributed by atoms with Crippen LogP contribution in [0.15, 0.2) is 45.9 Å². The number of nitriles is 1. The molecule has 2 aromatic heterocycles. The third-order valence-corrected chi connectivity index (χ3v) is 7.66.